The first-order valence-corrected chi connectivity index (χ1v) is 7.34. The molecule has 3 heterocycles. The zero-order chi connectivity index (χ0) is 15.2. The van der Waals surface area contributed by atoms with Gasteiger partial charge in [-0.2, -0.15) is 5.10 Å². The third-order valence-corrected chi connectivity index (χ3v) is 4.01. The van der Waals surface area contributed by atoms with Crippen LogP contribution in [0.25, 0.3) is 44.6 Å². The second kappa shape index (κ2) is 4.58. The molecule has 5 rings (SSSR count). The highest BCUT2D eigenvalue weighted by molar-refractivity contribution is 5.97. The number of furan rings is 1. The number of fused-ring (bicyclic) bond motifs is 2. The Morgan fingerprint density at radius 1 is 0.957 bits per heavy atom. The Bertz CT molecular complexity index is 1090. The number of imidazole rings is 1. The molecule has 0 saturated heterocycles. The van der Waals surface area contributed by atoms with Gasteiger partial charge in [0.25, 0.3) is 0 Å². The molecule has 5 heteroatoms. The fourth-order valence-electron chi connectivity index (χ4n) is 2.91. The molecule has 23 heavy (non-hydrogen) atoms. The van der Waals surface area contributed by atoms with Crippen molar-refractivity contribution in [2.75, 3.05) is 0 Å². The predicted molar refractivity (Wildman–Crippen MR) is 88.9 cm³/mol. The number of nitrogens with one attached hydrogen (secondary N) is 2. The molecule has 110 valence electrons. The first-order chi connectivity index (χ1) is 11.4. The van der Waals surface area contributed by atoms with E-state index in [4.69, 9.17) is 9.40 Å². The van der Waals surface area contributed by atoms with E-state index in [-0.39, 0.29) is 0 Å². The van der Waals surface area contributed by atoms with E-state index < -0.39 is 0 Å². The van der Waals surface area contributed by atoms with Gasteiger partial charge in [0.05, 0.1) is 29.0 Å². The van der Waals surface area contributed by atoms with E-state index in [1.165, 1.54) is 0 Å². The second-order valence-electron chi connectivity index (χ2n) is 5.43. The lowest BCUT2D eigenvalue weighted by atomic mass is 10.0. The van der Waals surface area contributed by atoms with Gasteiger partial charge in [-0.3, -0.25) is 5.10 Å². The summed E-state index contributed by atoms with van der Waals surface area (Å²) in [6, 6.07) is 15.9. The average molecular weight is 300 g/mol. The number of aromatic nitrogens is 4. The van der Waals surface area contributed by atoms with Gasteiger partial charge in [-0.25, -0.2) is 4.98 Å². The Balaban J connectivity index is 1.80. The molecule has 0 aliphatic rings. The Morgan fingerprint density at radius 3 is 2.78 bits per heavy atom. The standard InChI is InChI=1S/C18H12N4O/c1-2-5-15-14(4-1)20-18(21-15)12-8-11(17-6-3-7-23-17)9-16-13(12)10-19-22-16/h1-10H,(H,19,22)(H,20,21). The summed E-state index contributed by atoms with van der Waals surface area (Å²) in [6.45, 7) is 0. The van der Waals surface area contributed by atoms with Gasteiger partial charge in [-0.1, -0.05) is 12.1 Å². The molecule has 0 amide bonds. The van der Waals surface area contributed by atoms with Crippen LogP contribution in [0.5, 0.6) is 0 Å². The topological polar surface area (TPSA) is 70.5 Å². The number of para-hydroxylation sites is 2. The Hall–Kier alpha value is -3.34. The summed E-state index contributed by atoms with van der Waals surface area (Å²) < 4.78 is 5.53. The maximum Gasteiger partial charge on any atom is 0.139 e. The van der Waals surface area contributed by atoms with E-state index in [0.29, 0.717) is 0 Å². The molecule has 0 aliphatic heterocycles. The molecule has 0 unspecified atom stereocenters. The third-order valence-electron chi connectivity index (χ3n) is 4.01. The van der Waals surface area contributed by atoms with Crippen molar-refractivity contribution in [3.05, 3.63) is 61.0 Å². The fourth-order valence-corrected chi connectivity index (χ4v) is 2.91. The molecule has 0 atom stereocenters. The highest BCUT2D eigenvalue weighted by Crippen LogP contribution is 2.33. The van der Waals surface area contributed by atoms with Crippen LogP contribution in [-0.2, 0) is 0 Å². The van der Waals surface area contributed by atoms with Crippen molar-refractivity contribution >= 4 is 21.9 Å². The number of aromatic amines is 2. The van der Waals surface area contributed by atoms with Crippen LogP contribution < -0.4 is 0 Å². The van der Waals surface area contributed by atoms with Gasteiger partial charge < -0.3 is 9.40 Å². The number of nitrogens with zero attached hydrogens (tertiary/aromatic N) is 2. The fraction of sp³-hybridized carbons (Fsp3) is 0. The quantitative estimate of drug-likeness (QED) is 0.508. The lowest BCUT2D eigenvalue weighted by molar-refractivity contribution is 0.582. The zero-order valence-corrected chi connectivity index (χ0v) is 12.1. The van der Waals surface area contributed by atoms with Gasteiger partial charge in [0.2, 0.25) is 0 Å². The van der Waals surface area contributed by atoms with Crippen LogP contribution in [-0.4, -0.2) is 20.2 Å². The van der Waals surface area contributed by atoms with Crippen molar-refractivity contribution < 1.29 is 4.42 Å². The lowest BCUT2D eigenvalue weighted by Crippen LogP contribution is -1.85. The Morgan fingerprint density at radius 2 is 1.91 bits per heavy atom. The molecule has 0 aliphatic carbocycles. The van der Waals surface area contributed by atoms with Crippen molar-refractivity contribution in [3.8, 4) is 22.7 Å². The minimum atomic E-state index is 0.818. The molecule has 2 aromatic carbocycles. The minimum absolute atomic E-state index is 0.818. The molecular formula is C18H12N4O. The minimum Gasteiger partial charge on any atom is -0.464 e. The summed E-state index contributed by atoms with van der Waals surface area (Å²) in [5.41, 5.74) is 4.90. The van der Waals surface area contributed by atoms with Gasteiger partial charge in [0.15, 0.2) is 0 Å². The molecule has 0 bridgehead atoms. The molecule has 3 aromatic heterocycles. The number of benzene rings is 2. The summed E-state index contributed by atoms with van der Waals surface area (Å²) in [6.07, 6.45) is 3.50. The highest BCUT2D eigenvalue weighted by atomic mass is 16.3. The van der Waals surface area contributed by atoms with E-state index in [2.05, 4.69) is 21.2 Å². The van der Waals surface area contributed by atoms with E-state index in [1.807, 2.05) is 48.7 Å². The Kier molecular flexibility index (Phi) is 2.43. The first-order valence-electron chi connectivity index (χ1n) is 7.34. The van der Waals surface area contributed by atoms with E-state index >= 15 is 0 Å². The van der Waals surface area contributed by atoms with Crippen molar-refractivity contribution in [3.63, 3.8) is 0 Å². The molecule has 0 saturated carbocycles. The van der Waals surface area contributed by atoms with Gasteiger partial charge in [0.1, 0.15) is 11.6 Å². The SMILES string of the molecule is c1coc(-c2cc(-c3nc4ccccc4[nH]3)c3cn[nH]c3c2)c1. The van der Waals surface area contributed by atoms with Crippen LogP contribution >= 0.6 is 0 Å². The van der Waals surface area contributed by atoms with Crippen LogP contribution in [0.15, 0.2) is 65.4 Å². The monoisotopic (exact) mass is 300 g/mol. The van der Waals surface area contributed by atoms with Crippen molar-refractivity contribution in [1.29, 1.82) is 0 Å². The largest absolute Gasteiger partial charge is 0.464 e. The molecule has 0 spiro atoms. The number of H-pyrrole nitrogens is 2. The van der Waals surface area contributed by atoms with Crippen molar-refractivity contribution in [1.82, 2.24) is 20.2 Å². The predicted octanol–water partition coefficient (Wildman–Crippen LogP) is 4.37. The van der Waals surface area contributed by atoms with Crippen LogP contribution in [0.1, 0.15) is 0 Å². The van der Waals surface area contributed by atoms with Gasteiger partial charge in [-0.15, -0.1) is 0 Å². The summed E-state index contributed by atoms with van der Waals surface area (Å²) in [7, 11) is 0. The third kappa shape index (κ3) is 1.87. The van der Waals surface area contributed by atoms with Gasteiger partial charge >= 0.3 is 0 Å². The summed E-state index contributed by atoms with van der Waals surface area (Å²) in [5, 5.41) is 8.23. The van der Waals surface area contributed by atoms with Gasteiger partial charge in [-0.05, 0) is 36.4 Å². The number of hydrogen-bond acceptors (Lipinski definition) is 3. The molecule has 5 nitrogen and oxygen atoms in total. The highest BCUT2D eigenvalue weighted by Gasteiger charge is 2.13. The maximum absolute atomic E-state index is 5.53. The van der Waals surface area contributed by atoms with E-state index in [9.17, 15) is 0 Å². The van der Waals surface area contributed by atoms with Gasteiger partial charge in [0, 0.05) is 16.5 Å². The van der Waals surface area contributed by atoms with Crippen LogP contribution in [0.2, 0.25) is 0 Å². The molecule has 2 N–H and O–H groups in total. The number of hydrogen-bond donors (Lipinski definition) is 2. The van der Waals surface area contributed by atoms with Crippen molar-refractivity contribution in [2.45, 2.75) is 0 Å². The lowest BCUT2D eigenvalue weighted by Gasteiger charge is -2.03. The summed E-state index contributed by atoms with van der Waals surface area (Å²) in [4.78, 5) is 8.09. The smallest absolute Gasteiger partial charge is 0.139 e. The van der Waals surface area contributed by atoms with Crippen LogP contribution in [0, 0.1) is 0 Å². The molecule has 0 fully saturated rings. The summed E-state index contributed by atoms with van der Waals surface area (Å²) >= 11 is 0. The van der Waals surface area contributed by atoms with E-state index in [0.717, 1.165) is 44.6 Å². The first kappa shape index (κ1) is 12.2. The molecule has 0 radical (unpaired) electrons. The number of rotatable bonds is 2. The normalized spacial score (nSPS) is 11.5. The molecular weight excluding hydrogens is 288 g/mol. The van der Waals surface area contributed by atoms with E-state index in [1.54, 1.807) is 6.26 Å². The average Bonchev–Trinajstić information content (AvgIpc) is 3.31. The van der Waals surface area contributed by atoms with Crippen LogP contribution in [0.3, 0.4) is 0 Å². The Labute approximate surface area is 131 Å². The zero-order valence-electron chi connectivity index (χ0n) is 12.1. The summed E-state index contributed by atoms with van der Waals surface area (Å²) in [5.74, 6) is 1.64. The maximum atomic E-state index is 5.53. The molecule has 5 aromatic rings. The second-order valence-corrected chi connectivity index (χ2v) is 5.43. The van der Waals surface area contributed by atoms with Crippen molar-refractivity contribution in [2.24, 2.45) is 0 Å². The van der Waals surface area contributed by atoms with Crippen LogP contribution in [0.4, 0.5) is 0 Å².